The quantitative estimate of drug-likeness (QED) is 0.745. The van der Waals surface area contributed by atoms with Gasteiger partial charge in [0, 0.05) is 31.4 Å². The van der Waals surface area contributed by atoms with Crippen LogP contribution in [-0.2, 0) is 16.1 Å². The van der Waals surface area contributed by atoms with Gasteiger partial charge in [0.05, 0.1) is 5.69 Å². The molecule has 0 unspecified atom stereocenters. The summed E-state index contributed by atoms with van der Waals surface area (Å²) in [5.74, 6) is -0.643. The number of aromatic nitrogens is 2. The maximum absolute atomic E-state index is 13.0. The molecule has 2 rings (SSSR count). The van der Waals surface area contributed by atoms with Crippen LogP contribution in [0.5, 0.6) is 0 Å². The molecule has 24 heavy (non-hydrogen) atoms. The highest BCUT2D eigenvalue weighted by Gasteiger charge is 2.08. The van der Waals surface area contributed by atoms with Gasteiger partial charge in [-0.05, 0) is 43.7 Å². The number of carbonyl (C=O) groups is 1. The lowest BCUT2D eigenvalue weighted by molar-refractivity contribution is -0.121. The van der Waals surface area contributed by atoms with Gasteiger partial charge in [0.25, 0.3) is 5.56 Å². The first-order chi connectivity index (χ1) is 11.6. The third kappa shape index (κ3) is 5.27. The molecule has 1 heterocycles. The van der Waals surface area contributed by atoms with Crippen molar-refractivity contribution in [1.82, 2.24) is 15.1 Å². The van der Waals surface area contributed by atoms with Crippen molar-refractivity contribution in [3.8, 4) is 11.3 Å². The number of nitrogens with one attached hydrogen (secondary N) is 1. The summed E-state index contributed by atoms with van der Waals surface area (Å²) in [5.41, 5.74) is 0.798. The molecule has 1 N–H and O–H groups in total. The van der Waals surface area contributed by atoms with Crippen molar-refractivity contribution < 1.29 is 13.9 Å². The Bertz CT molecular complexity index is 729. The highest BCUT2D eigenvalue weighted by Crippen LogP contribution is 2.15. The summed E-state index contributed by atoms with van der Waals surface area (Å²) in [6.07, 6.45) is 0.706. The summed E-state index contributed by atoms with van der Waals surface area (Å²) >= 11 is 0. The number of amides is 1. The van der Waals surface area contributed by atoms with E-state index in [-0.39, 0.29) is 23.8 Å². The second kappa shape index (κ2) is 8.93. The number of benzene rings is 1. The molecule has 0 saturated heterocycles. The molecule has 1 aromatic heterocycles. The van der Waals surface area contributed by atoms with Gasteiger partial charge >= 0.3 is 0 Å². The van der Waals surface area contributed by atoms with Crippen molar-refractivity contribution in [3.63, 3.8) is 0 Å². The van der Waals surface area contributed by atoms with Crippen LogP contribution in [0.3, 0.4) is 0 Å². The summed E-state index contributed by atoms with van der Waals surface area (Å²) in [4.78, 5) is 23.7. The Morgan fingerprint density at radius 3 is 2.71 bits per heavy atom. The third-order valence-corrected chi connectivity index (χ3v) is 3.29. The van der Waals surface area contributed by atoms with Gasteiger partial charge < -0.3 is 10.1 Å². The molecular weight excluding hydrogens is 313 g/mol. The maximum Gasteiger partial charge on any atom is 0.267 e. The highest BCUT2D eigenvalue weighted by atomic mass is 19.1. The van der Waals surface area contributed by atoms with Crippen LogP contribution in [0.4, 0.5) is 4.39 Å². The van der Waals surface area contributed by atoms with Crippen LogP contribution in [0.25, 0.3) is 11.3 Å². The molecule has 128 valence electrons. The average molecular weight is 333 g/mol. The molecule has 1 amide bonds. The molecule has 0 atom stereocenters. The molecule has 0 saturated carbocycles. The molecule has 0 aliphatic carbocycles. The summed E-state index contributed by atoms with van der Waals surface area (Å²) < 4.78 is 19.3. The van der Waals surface area contributed by atoms with E-state index >= 15 is 0 Å². The summed E-state index contributed by atoms with van der Waals surface area (Å²) in [7, 11) is 0. The molecule has 0 aliphatic rings. The number of rotatable bonds is 8. The zero-order valence-electron chi connectivity index (χ0n) is 13.5. The minimum atomic E-state index is -0.370. The van der Waals surface area contributed by atoms with E-state index in [0.29, 0.717) is 37.4 Å². The summed E-state index contributed by atoms with van der Waals surface area (Å²) in [6.45, 7) is 3.44. The van der Waals surface area contributed by atoms with Gasteiger partial charge in [-0.25, -0.2) is 9.07 Å². The predicted octanol–water partition coefficient (Wildman–Crippen LogP) is 1.59. The van der Waals surface area contributed by atoms with Crippen molar-refractivity contribution in [2.24, 2.45) is 0 Å². The fraction of sp³-hybridized carbons (Fsp3) is 0.353. The van der Waals surface area contributed by atoms with Crippen LogP contribution in [0, 0.1) is 5.82 Å². The van der Waals surface area contributed by atoms with Crippen molar-refractivity contribution >= 4 is 5.91 Å². The lowest BCUT2D eigenvalue weighted by atomic mass is 10.1. The largest absolute Gasteiger partial charge is 0.382 e. The number of ether oxygens (including phenoxy) is 1. The Hall–Kier alpha value is -2.54. The van der Waals surface area contributed by atoms with E-state index in [2.05, 4.69) is 10.4 Å². The number of halogens is 1. The van der Waals surface area contributed by atoms with E-state index < -0.39 is 0 Å². The monoisotopic (exact) mass is 333 g/mol. The van der Waals surface area contributed by atoms with Gasteiger partial charge in [0.2, 0.25) is 5.91 Å². The van der Waals surface area contributed by atoms with Crippen molar-refractivity contribution in [2.75, 3.05) is 19.8 Å². The zero-order chi connectivity index (χ0) is 17.4. The van der Waals surface area contributed by atoms with E-state index in [9.17, 15) is 14.0 Å². The Balaban J connectivity index is 1.99. The number of nitrogens with zero attached hydrogens (tertiary/aromatic N) is 2. The van der Waals surface area contributed by atoms with Crippen molar-refractivity contribution in [1.29, 1.82) is 0 Å². The molecule has 0 aliphatic heterocycles. The second-order valence-electron chi connectivity index (χ2n) is 5.12. The van der Waals surface area contributed by atoms with Crippen LogP contribution in [0.1, 0.15) is 13.3 Å². The van der Waals surface area contributed by atoms with Crippen molar-refractivity contribution in [2.45, 2.75) is 19.9 Å². The SMILES string of the molecule is CCOCCCNC(=O)Cn1nc(-c2ccc(F)cc2)ccc1=O. The normalized spacial score (nSPS) is 10.6. The first kappa shape index (κ1) is 17.8. The first-order valence-electron chi connectivity index (χ1n) is 7.78. The van der Waals surface area contributed by atoms with Gasteiger partial charge in [-0.2, -0.15) is 5.10 Å². The zero-order valence-corrected chi connectivity index (χ0v) is 13.5. The summed E-state index contributed by atoms with van der Waals surface area (Å²) in [6, 6.07) is 8.66. The highest BCUT2D eigenvalue weighted by molar-refractivity contribution is 5.75. The predicted molar refractivity (Wildman–Crippen MR) is 88.0 cm³/mol. The van der Waals surface area contributed by atoms with Crippen LogP contribution >= 0.6 is 0 Å². The number of carbonyl (C=O) groups excluding carboxylic acids is 1. The van der Waals surface area contributed by atoms with Gasteiger partial charge in [-0.3, -0.25) is 9.59 Å². The second-order valence-corrected chi connectivity index (χ2v) is 5.12. The molecule has 0 bridgehead atoms. The molecule has 7 heteroatoms. The third-order valence-electron chi connectivity index (χ3n) is 3.29. The number of hydrogen-bond donors (Lipinski definition) is 1. The standard InChI is InChI=1S/C17H20FN3O3/c1-2-24-11-3-10-19-16(22)12-21-17(23)9-8-15(20-21)13-4-6-14(18)7-5-13/h4-9H,2-3,10-12H2,1H3,(H,19,22). The Labute approximate surface area is 139 Å². The van der Waals surface area contributed by atoms with E-state index in [0.717, 1.165) is 4.68 Å². The smallest absolute Gasteiger partial charge is 0.267 e. The van der Waals surface area contributed by atoms with E-state index in [1.165, 1.54) is 18.2 Å². The fourth-order valence-electron chi connectivity index (χ4n) is 2.08. The Morgan fingerprint density at radius 2 is 2.00 bits per heavy atom. The minimum absolute atomic E-state index is 0.164. The molecule has 2 aromatic rings. The van der Waals surface area contributed by atoms with Gasteiger partial charge in [-0.1, -0.05) is 0 Å². The molecule has 0 spiro atoms. The molecule has 6 nitrogen and oxygen atoms in total. The van der Waals surface area contributed by atoms with Crippen LogP contribution in [0.2, 0.25) is 0 Å². The van der Waals surface area contributed by atoms with Gasteiger partial charge in [0.1, 0.15) is 12.4 Å². The molecule has 1 aromatic carbocycles. The van der Waals surface area contributed by atoms with Crippen LogP contribution < -0.4 is 10.9 Å². The molecule has 0 radical (unpaired) electrons. The van der Waals surface area contributed by atoms with Crippen molar-refractivity contribution in [3.05, 3.63) is 52.6 Å². The van der Waals surface area contributed by atoms with Gasteiger partial charge in [-0.15, -0.1) is 0 Å². The lowest BCUT2D eigenvalue weighted by Gasteiger charge is -2.08. The number of hydrogen-bond acceptors (Lipinski definition) is 4. The summed E-state index contributed by atoms with van der Waals surface area (Å²) in [5, 5.41) is 6.88. The van der Waals surface area contributed by atoms with E-state index in [1.807, 2.05) is 6.92 Å². The average Bonchev–Trinajstić information content (AvgIpc) is 2.57. The van der Waals surface area contributed by atoms with Crippen LogP contribution in [0.15, 0.2) is 41.2 Å². The Morgan fingerprint density at radius 1 is 1.25 bits per heavy atom. The van der Waals surface area contributed by atoms with E-state index in [1.54, 1.807) is 18.2 Å². The first-order valence-corrected chi connectivity index (χ1v) is 7.78. The molecule has 0 fully saturated rings. The minimum Gasteiger partial charge on any atom is -0.382 e. The van der Waals surface area contributed by atoms with E-state index in [4.69, 9.17) is 4.74 Å². The molecular formula is C17H20FN3O3. The topological polar surface area (TPSA) is 73.2 Å². The van der Waals surface area contributed by atoms with Gasteiger partial charge in [0.15, 0.2) is 0 Å². The maximum atomic E-state index is 13.0. The van der Waals surface area contributed by atoms with Crippen LogP contribution in [-0.4, -0.2) is 35.4 Å². The lowest BCUT2D eigenvalue weighted by Crippen LogP contribution is -2.34. The Kier molecular flexibility index (Phi) is 6.62. The fourth-order valence-corrected chi connectivity index (χ4v) is 2.08.